The van der Waals surface area contributed by atoms with Crippen molar-refractivity contribution in [1.82, 2.24) is 0 Å². The number of nitrogens with zero attached hydrogens (tertiary/aromatic N) is 1. The largest absolute Gasteiger partial charge is 0.396 e. The maximum absolute atomic E-state index is 9.99. The van der Waals surface area contributed by atoms with Crippen LogP contribution in [0.1, 0.15) is 6.92 Å². The minimum absolute atomic E-state index is 0.370. The van der Waals surface area contributed by atoms with Gasteiger partial charge in [-0.1, -0.05) is 5.16 Å². The molecule has 0 spiro atoms. The Labute approximate surface area is 51.8 Å². The summed E-state index contributed by atoms with van der Waals surface area (Å²) < 4.78 is 0. The van der Waals surface area contributed by atoms with Crippen LogP contribution in [0.15, 0.2) is 5.16 Å². The van der Waals surface area contributed by atoms with Crippen LogP contribution in [0.4, 0.5) is 0 Å². The van der Waals surface area contributed by atoms with Crippen molar-refractivity contribution in [2.45, 2.75) is 6.92 Å². The third-order valence-electron chi connectivity index (χ3n) is 0.452. The Balaban J connectivity index is 3.32. The molecule has 0 bridgehead atoms. The van der Waals surface area contributed by atoms with Gasteiger partial charge in [0.15, 0.2) is 6.21 Å². The van der Waals surface area contributed by atoms with Gasteiger partial charge in [0.2, 0.25) is 0 Å². The van der Waals surface area contributed by atoms with Crippen LogP contribution in [0.5, 0.6) is 0 Å². The molecule has 5 nitrogen and oxygen atoms in total. The van der Waals surface area contributed by atoms with Crippen molar-refractivity contribution in [2.24, 2.45) is 5.16 Å². The smallest absolute Gasteiger partial charge is 0.387 e. The van der Waals surface area contributed by atoms with Gasteiger partial charge in [-0.2, -0.15) is 5.26 Å². The number of carbonyl (C=O) groups excluding carboxylic acids is 1. The SMILES string of the molecule is CCON=CC(=O)OO. The molecule has 0 aromatic carbocycles. The monoisotopic (exact) mass is 133 g/mol. The van der Waals surface area contributed by atoms with E-state index in [0.29, 0.717) is 6.61 Å². The van der Waals surface area contributed by atoms with Gasteiger partial charge in [0.25, 0.3) is 0 Å². The summed E-state index contributed by atoms with van der Waals surface area (Å²) in [7, 11) is 0. The Bertz CT molecular complexity index is 111. The van der Waals surface area contributed by atoms with Crippen molar-refractivity contribution in [1.29, 1.82) is 0 Å². The lowest BCUT2D eigenvalue weighted by molar-refractivity contribution is -0.225. The standard InChI is InChI=1S/C4H7NO4/c1-2-8-5-3-4(6)9-7/h3,7H,2H2,1H3. The average molecular weight is 133 g/mol. The van der Waals surface area contributed by atoms with Gasteiger partial charge >= 0.3 is 5.97 Å². The summed E-state index contributed by atoms with van der Waals surface area (Å²) >= 11 is 0. The van der Waals surface area contributed by atoms with E-state index in [2.05, 4.69) is 14.9 Å². The summed E-state index contributed by atoms with van der Waals surface area (Å²) in [6.45, 7) is 2.08. The predicted octanol–water partition coefficient (Wildman–Crippen LogP) is 0.0249. The maximum atomic E-state index is 9.99. The lowest BCUT2D eigenvalue weighted by atomic mass is 10.8. The Morgan fingerprint density at radius 2 is 2.56 bits per heavy atom. The molecule has 0 heterocycles. The van der Waals surface area contributed by atoms with Gasteiger partial charge in [-0.15, -0.1) is 0 Å². The van der Waals surface area contributed by atoms with Crippen LogP contribution >= 0.6 is 0 Å². The minimum atomic E-state index is -0.955. The number of hydrogen-bond acceptors (Lipinski definition) is 5. The fraction of sp³-hybridized carbons (Fsp3) is 0.500. The third-order valence-corrected chi connectivity index (χ3v) is 0.452. The van der Waals surface area contributed by atoms with Gasteiger partial charge in [0.1, 0.15) is 6.61 Å². The van der Waals surface area contributed by atoms with E-state index in [1.807, 2.05) is 0 Å². The third kappa shape index (κ3) is 4.76. The van der Waals surface area contributed by atoms with Crippen LogP contribution in [-0.2, 0) is 14.5 Å². The van der Waals surface area contributed by atoms with Crippen molar-refractivity contribution < 1.29 is 19.8 Å². The number of hydrogen-bond donors (Lipinski definition) is 1. The molecule has 9 heavy (non-hydrogen) atoms. The lowest BCUT2D eigenvalue weighted by Crippen LogP contribution is -2.01. The van der Waals surface area contributed by atoms with Crippen molar-refractivity contribution in [3.63, 3.8) is 0 Å². The average Bonchev–Trinajstić information content (AvgIpc) is 1.89. The Morgan fingerprint density at radius 1 is 1.89 bits per heavy atom. The molecule has 0 radical (unpaired) electrons. The molecular weight excluding hydrogens is 126 g/mol. The van der Waals surface area contributed by atoms with Crippen LogP contribution in [-0.4, -0.2) is 24.0 Å². The first kappa shape index (κ1) is 7.90. The number of rotatable bonds is 3. The molecule has 0 aliphatic heterocycles. The Hall–Kier alpha value is -1.10. The minimum Gasteiger partial charge on any atom is -0.396 e. The van der Waals surface area contributed by atoms with Crippen molar-refractivity contribution in [3.05, 3.63) is 0 Å². The van der Waals surface area contributed by atoms with E-state index in [4.69, 9.17) is 5.26 Å². The van der Waals surface area contributed by atoms with Crippen LogP contribution in [0.25, 0.3) is 0 Å². The molecule has 1 N–H and O–H groups in total. The normalized spacial score (nSPS) is 9.56. The molecule has 0 fully saturated rings. The summed E-state index contributed by atoms with van der Waals surface area (Å²) in [5.74, 6) is -0.955. The van der Waals surface area contributed by atoms with Gasteiger partial charge < -0.3 is 4.84 Å². The van der Waals surface area contributed by atoms with Crippen molar-refractivity contribution in [3.8, 4) is 0 Å². The molecule has 0 atom stereocenters. The van der Waals surface area contributed by atoms with Gasteiger partial charge in [-0.05, 0) is 6.92 Å². The van der Waals surface area contributed by atoms with E-state index in [-0.39, 0.29) is 0 Å². The van der Waals surface area contributed by atoms with Crippen LogP contribution in [0, 0.1) is 0 Å². The molecule has 52 valence electrons. The Kier molecular flexibility index (Phi) is 4.43. The molecular formula is C4H7NO4. The summed E-state index contributed by atoms with van der Waals surface area (Å²) in [6.07, 6.45) is 0.726. The first-order valence-electron chi connectivity index (χ1n) is 2.32. The van der Waals surface area contributed by atoms with Gasteiger partial charge in [0.05, 0.1) is 0 Å². The zero-order valence-electron chi connectivity index (χ0n) is 4.90. The summed E-state index contributed by atoms with van der Waals surface area (Å²) in [4.78, 5) is 17.6. The summed E-state index contributed by atoms with van der Waals surface area (Å²) in [5, 5.41) is 10.7. The highest BCUT2D eigenvalue weighted by Crippen LogP contribution is 1.72. The predicted molar refractivity (Wildman–Crippen MR) is 28.8 cm³/mol. The van der Waals surface area contributed by atoms with Gasteiger partial charge in [-0.25, -0.2) is 4.79 Å². The van der Waals surface area contributed by atoms with Crippen LogP contribution in [0.2, 0.25) is 0 Å². The molecule has 0 amide bonds. The second kappa shape index (κ2) is 5.04. The quantitative estimate of drug-likeness (QED) is 0.335. The zero-order valence-corrected chi connectivity index (χ0v) is 4.90. The molecule has 0 saturated heterocycles. The molecule has 0 saturated carbocycles. The Morgan fingerprint density at radius 3 is 3.00 bits per heavy atom. The van der Waals surface area contributed by atoms with Crippen LogP contribution in [0.3, 0.4) is 0 Å². The van der Waals surface area contributed by atoms with Crippen molar-refractivity contribution >= 4 is 12.2 Å². The highest BCUT2D eigenvalue weighted by Gasteiger charge is 1.92. The van der Waals surface area contributed by atoms with Gasteiger partial charge in [-0.3, -0.25) is 4.89 Å². The highest BCUT2D eigenvalue weighted by molar-refractivity contribution is 6.22. The second-order valence-corrected chi connectivity index (χ2v) is 1.06. The highest BCUT2D eigenvalue weighted by atomic mass is 17.1. The summed E-state index contributed by atoms with van der Waals surface area (Å²) in [6, 6.07) is 0. The number of carbonyl (C=O) groups is 1. The lowest BCUT2D eigenvalue weighted by Gasteiger charge is -1.87. The van der Waals surface area contributed by atoms with E-state index >= 15 is 0 Å². The topological polar surface area (TPSA) is 68.1 Å². The van der Waals surface area contributed by atoms with E-state index in [1.165, 1.54) is 0 Å². The molecule has 0 unspecified atom stereocenters. The van der Waals surface area contributed by atoms with E-state index < -0.39 is 5.97 Å². The molecule has 0 rings (SSSR count). The van der Waals surface area contributed by atoms with Crippen molar-refractivity contribution in [2.75, 3.05) is 6.61 Å². The zero-order chi connectivity index (χ0) is 7.11. The molecule has 5 heteroatoms. The molecule has 0 aromatic rings. The number of oxime groups is 1. The molecule has 0 aromatic heterocycles. The van der Waals surface area contributed by atoms with Gasteiger partial charge in [0, 0.05) is 0 Å². The van der Waals surface area contributed by atoms with E-state index in [0.717, 1.165) is 6.21 Å². The summed E-state index contributed by atoms with van der Waals surface area (Å²) in [5.41, 5.74) is 0. The maximum Gasteiger partial charge on any atom is 0.387 e. The molecule has 0 aliphatic rings. The van der Waals surface area contributed by atoms with Crippen LogP contribution < -0.4 is 0 Å². The molecule has 0 aliphatic carbocycles. The van der Waals surface area contributed by atoms with E-state index in [9.17, 15) is 4.79 Å². The first-order valence-corrected chi connectivity index (χ1v) is 2.32. The first-order chi connectivity index (χ1) is 4.31. The fourth-order valence-electron chi connectivity index (χ4n) is 0.178. The van der Waals surface area contributed by atoms with E-state index in [1.54, 1.807) is 6.92 Å². The second-order valence-electron chi connectivity index (χ2n) is 1.06. The fourth-order valence-corrected chi connectivity index (χ4v) is 0.178.